The molecule has 3 nitrogen and oxygen atoms in total. The number of hydrogen-bond acceptors (Lipinski definition) is 2. The van der Waals surface area contributed by atoms with E-state index < -0.39 is 5.41 Å². The summed E-state index contributed by atoms with van der Waals surface area (Å²) >= 11 is 0. The molecule has 3 heteroatoms. The molecule has 0 radical (unpaired) electrons. The van der Waals surface area contributed by atoms with E-state index in [0.29, 0.717) is 13.0 Å². The Balaban J connectivity index is 1.93. The molecule has 0 aromatic heterocycles. The van der Waals surface area contributed by atoms with Gasteiger partial charge in [-0.05, 0) is 17.5 Å². The molecule has 1 aliphatic rings. The molecule has 1 atom stereocenters. The van der Waals surface area contributed by atoms with E-state index in [9.17, 15) is 9.59 Å². The van der Waals surface area contributed by atoms with Crippen LogP contribution >= 0.6 is 0 Å². The average Bonchev–Trinajstić information content (AvgIpc) is 2.82. The monoisotopic (exact) mass is 293 g/mol. The van der Waals surface area contributed by atoms with Crippen molar-refractivity contribution in [2.45, 2.75) is 31.7 Å². The summed E-state index contributed by atoms with van der Waals surface area (Å²) in [5.41, 5.74) is 1.21. The van der Waals surface area contributed by atoms with E-state index in [2.05, 4.69) is 0 Å². The van der Waals surface area contributed by atoms with Crippen molar-refractivity contribution in [2.24, 2.45) is 0 Å². The first-order chi connectivity index (χ1) is 10.7. The van der Waals surface area contributed by atoms with Crippen molar-refractivity contribution in [3.05, 3.63) is 71.8 Å². The summed E-state index contributed by atoms with van der Waals surface area (Å²) < 4.78 is 0. The highest BCUT2D eigenvalue weighted by Crippen LogP contribution is 2.40. The Morgan fingerprint density at radius 2 is 1.55 bits per heavy atom. The smallest absolute Gasteiger partial charge is 0.240 e. The van der Waals surface area contributed by atoms with Gasteiger partial charge in [-0.25, -0.2) is 0 Å². The lowest BCUT2D eigenvalue weighted by Gasteiger charge is -2.26. The third-order valence-electron chi connectivity index (χ3n) is 4.52. The van der Waals surface area contributed by atoms with Crippen molar-refractivity contribution in [3.63, 3.8) is 0 Å². The van der Waals surface area contributed by atoms with Crippen LogP contribution in [-0.4, -0.2) is 16.7 Å². The number of carbonyl (C=O) groups excluding carboxylic acids is 2. The average molecular weight is 293 g/mol. The zero-order valence-electron chi connectivity index (χ0n) is 12.7. The first-order valence-corrected chi connectivity index (χ1v) is 7.61. The lowest BCUT2D eigenvalue weighted by Crippen LogP contribution is -2.37. The minimum Gasteiger partial charge on any atom is -0.277 e. The number of nitrogens with zero attached hydrogens (tertiary/aromatic N) is 1. The van der Waals surface area contributed by atoms with Crippen LogP contribution in [0.15, 0.2) is 60.7 Å². The fraction of sp³-hybridized carbons (Fsp3) is 0.263. The molecule has 1 aliphatic heterocycles. The number of likely N-dealkylation sites (tertiary alicyclic amines) is 1. The van der Waals surface area contributed by atoms with Gasteiger partial charge in [0.25, 0.3) is 0 Å². The highest BCUT2D eigenvalue weighted by Gasteiger charge is 2.51. The van der Waals surface area contributed by atoms with Gasteiger partial charge in [0, 0.05) is 6.42 Å². The first kappa shape index (κ1) is 14.5. The molecule has 0 saturated carbocycles. The van der Waals surface area contributed by atoms with E-state index in [-0.39, 0.29) is 18.2 Å². The molecule has 1 saturated heterocycles. The highest BCUT2D eigenvalue weighted by atomic mass is 16.2. The standard InChI is InChI=1S/C19H19NO2/c1-2-19(16-11-7-4-8-12-16)13-17(21)20(18(19)22)14-15-9-5-3-6-10-15/h3-12H,2,13-14H2,1H3/t19-/m1/s1. The summed E-state index contributed by atoms with van der Waals surface area (Å²) in [6.45, 7) is 2.33. The number of benzene rings is 2. The fourth-order valence-electron chi connectivity index (χ4n) is 3.19. The van der Waals surface area contributed by atoms with Crippen LogP contribution in [0.1, 0.15) is 30.9 Å². The Morgan fingerprint density at radius 1 is 0.955 bits per heavy atom. The summed E-state index contributed by atoms with van der Waals surface area (Å²) in [4.78, 5) is 26.8. The zero-order chi connectivity index (χ0) is 15.6. The third kappa shape index (κ3) is 2.33. The second kappa shape index (κ2) is 5.76. The van der Waals surface area contributed by atoms with Crippen LogP contribution in [0, 0.1) is 0 Å². The van der Waals surface area contributed by atoms with E-state index >= 15 is 0 Å². The van der Waals surface area contributed by atoms with Crippen LogP contribution < -0.4 is 0 Å². The minimum atomic E-state index is -0.701. The predicted octanol–water partition coefficient (Wildman–Crippen LogP) is 3.29. The number of imide groups is 1. The molecule has 22 heavy (non-hydrogen) atoms. The Morgan fingerprint density at radius 3 is 2.14 bits per heavy atom. The highest BCUT2D eigenvalue weighted by molar-refractivity contribution is 6.09. The third-order valence-corrected chi connectivity index (χ3v) is 4.52. The summed E-state index contributed by atoms with van der Waals surface area (Å²) in [5.74, 6) is -0.158. The predicted molar refractivity (Wildman–Crippen MR) is 85.0 cm³/mol. The van der Waals surface area contributed by atoms with Crippen molar-refractivity contribution in [2.75, 3.05) is 0 Å². The molecule has 2 aromatic rings. The van der Waals surface area contributed by atoms with Gasteiger partial charge >= 0.3 is 0 Å². The maximum Gasteiger partial charge on any atom is 0.240 e. The Bertz CT molecular complexity index is 681. The van der Waals surface area contributed by atoms with Crippen LogP contribution in [0.4, 0.5) is 0 Å². The van der Waals surface area contributed by atoms with Crippen LogP contribution in [0.2, 0.25) is 0 Å². The summed E-state index contributed by atoms with van der Waals surface area (Å²) in [5, 5.41) is 0. The second-order valence-corrected chi connectivity index (χ2v) is 5.75. The molecule has 0 N–H and O–H groups in total. The molecule has 0 bridgehead atoms. The van der Waals surface area contributed by atoms with Crippen molar-refractivity contribution in [3.8, 4) is 0 Å². The molecule has 2 amide bonds. The van der Waals surface area contributed by atoms with Crippen molar-refractivity contribution in [1.29, 1.82) is 0 Å². The van der Waals surface area contributed by atoms with Crippen LogP contribution in [0.3, 0.4) is 0 Å². The molecule has 2 aromatic carbocycles. The van der Waals surface area contributed by atoms with E-state index in [1.165, 1.54) is 4.90 Å². The molecule has 3 rings (SSSR count). The lowest BCUT2D eigenvalue weighted by molar-refractivity contribution is -0.140. The largest absolute Gasteiger partial charge is 0.277 e. The Kier molecular flexibility index (Phi) is 3.80. The van der Waals surface area contributed by atoms with E-state index in [1.54, 1.807) is 0 Å². The van der Waals surface area contributed by atoms with Crippen molar-refractivity contribution < 1.29 is 9.59 Å². The molecule has 1 heterocycles. The van der Waals surface area contributed by atoms with Crippen molar-refractivity contribution in [1.82, 2.24) is 4.90 Å². The van der Waals surface area contributed by atoms with Gasteiger partial charge in [-0.3, -0.25) is 14.5 Å². The topological polar surface area (TPSA) is 37.4 Å². The van der Waals surface area contributed by atoms with Gasteiger partial charge in [-0.1, -0.05) is 67.6 Å². The van der Waals surface area contributed by atoms with Gasteiger partial charge < -0.3 is 0 Å². The normalized spacial score (nSPS) is 21.4. The van der Waals surface area contributed by atoms with Crippen LogP contribution in [-0.2, 0) is 21.5 Å². The Labute approximate surface area is 130 Å². The van der Waals surface area contributed by atoms with Gasteiger partial charge in [0.05, 0.1) is 12.0 Å². The summed E-state index contributed by atoms with van der Waals surface area (Å²) in [7, 11) is 0. The number of hydrogen-bond donors (Lipinski definition) is 0. The first-order valence-electron chi connectivity index (χ1n) is 7.61. The van der Waals surface area contributed by atoms with E-state index in [4.69, 9.17) is 0 Å². The minimum absolute atomic E-state index is 0.0740. The van der Waals surface area contributed by atoms with Crippen LogP contribution in [0.25, 0.3) is 0 Å². The van der Waals surface area contributed by atoms with Gasteiger partial charge in [0.2, 0.25) is 11.8 Å². The maximum absolute atomic E-state index is 13.0. The van der Waals surface area contributed by atoms with Gasteiger partial charge in [0.15, 0.2) is 0 Å². The second-order valence-electron chi connectivity index (χ2n) is 5.75. The molecule has 0 unspecified atom stereocenters. The lowest BCUT2D eigenvalue weighted by atomic mass is 9.76. The van der Waals surface area contributed by atoms with Gasteiger partial charge in [-0.15, -0.1) is 0 Å². The fourth-order valence-corrected chi connectivity index (χ4v) is 3.19. The molecule has 112 valence electrons. The van der Waals surface area contributed by atoms with Gasteiger partial charge in [-0.2, -0.15) is 0 Å². The van der Waals surface area contributed by atoms with Crippen LogP contribution in [0.5, 0.6) is 0 Å². The van der Waals surface area contributed by atoms with E-state index in [0.717, 1.165) is 11.1 Å². The maximum atomic E-state index is 13.0. The summed E-state index contributed by atoms with van der Waals surface area (Å²) in [6, 6.07) is 19.3. The van der Waals surface area contributed by atoms with E-state index in [1.807, 2.05) is 67.6 Å². The SMILES string of the molecule is CC[C@]1(c2ccccc2)CC(=O)N(Cc2ccccc2)C1=O. The molecular formula is C19H19NO2. The molecule has 0 aliphatic carbocycles. The number of amides is 2. The van der Waals surface area contributed by atoms with Crippen molar-refractivity contribution >= 4 is 11.8 Å². The molecule has 0 spiro atoms. The Hall–Kier alpha value is -2.42. The number of carbonyl (C=O) groups is 2. The molecule has 1 fully saturated rings. The molecular weight excluding hydrogens is 274 g/mol. The van der Waals surface area contributed by atoms with Gasteiger partial charge in [0.1, 0.15) is 0 Å². The zero-order valence-corrected chi connectivity index (χ0v) is 12.7. The number of rotatable bonds is 4. The summed E-state index contributed by atoms with van der Waals surface area (Å²) in [6.07, 6.45) is 0.895. The quantitative estimate of drug-likeness (QED) is 0.811.